The van der Waals surface area contributed by atoms with E-state index in [1.807, 2.05) is 6.08 Å². The van der Waals surface area contributed by atoms with Gasteiger partial charge in [0.25, 0.3) is 8.32 Å². The van der Waals surface area contributed by atoms with Crippen LogP contribution < -0.4 is 15.7 Å². The number of amides is 1. The molecule has 0 aliphatic rings. The van der Waals surface area contributed by atoms with Gasteiger partial charge in [-0.2, -0.15) is 0 Å². The van der Waals surface area contributed by atoms with E-state index in [4.69, 9.17) is 4.43 Å². The van der Waals surface area contributed by atoms with E-state index in [1.54, 1.807) is 0 Å². The number of aliphatic hydroxyl groups is 1. The van der Waals surface area contributed by atoms with E-state index >= 15 is 0 Å². The molecule has 1 amide bonds. The molecule has 2 N–H and O–H groups in total. The van der Waals surface area contributed by atoms with Gasteiger partial charge in [0.2, 0.25) is 5.91 Å². The maximum atomic E-state index is 13.4. The topological polar surface area (TPSA) is 58.6 Å². The predicted octanol–water partition coefficient (Wildman–Crippen LogP) is 13.1. The fraction of sp³-hybridized carbons (Fsp3) is 0.700. The first-order valence-electron chi connectivity index (χ1n) is 23.1. The van der Waals surface area contributed by atoms with Crippen molar-refractivity contribution in [1.82, 2.24) is 5.32 Å². The monoisotopic (exact) mass is 776 g/mol. The minimum atomic E-state index is -2.83. The minimum absolute atomic E-state index is 0.0111. The lowest BCUT2D eigenvalue weighted by atomic mass is 10.0. The third-order valence-corrected chi connectivity index (χ3v) is 16.5. The van der Waals surface area contributed by atoms with Crippen LogP contribution in [0.5, 0.6) is 0 Å². The van der Waals surface area contributed by atoms with Gasteiger partial charge in [0.05, 0.1) is 18.8 Å². The van der Waals surface area contributed by atoms with E-state index in [2.05, 4.69) is 107 Å². The lowest BCUT2D eigenvalue weighted by Gasteiger charge is -2.44. The van der Waals surface area contributed by atoms with Crippen LogP contribution in [0.15, 0.2) is 72.8 Å². The first-order chi connectivity index (χ1) is 26.8. The van der Waals surface area contributed by atoms with Crippen LogP contribution in [0.4, 0.5) is 0 Å². The summed E-state index contributed by atoms with van der Waals surface area (Å²) in [5.74, 6) is 0.0111. The number of benzene rings is 2. The summed E-state index contributed by atoms with van der Waals surface area (Å²) in [6.07, 6.45) is 35.9. The fourth-order valence-corrected chi connectivity index (χ4v) is 12.7. The molecule has 0 heterocycles. The summed E-state index contributed by atoms with van der Waals surface area (Å²) < 4.78 is 7.22. The second-order valence-electron chi connectivity index (χ2n) is 17.4. The standard InChI is InChI=1S/C50H85NO3Si/c1-6-8-10-12-14-16-18-20-22-24-26-28-36-42-48(52)47(51-49(53)43-37-29-27-25-23-21-19-17-15-13-11-9-7-2)44-54-55(50(3,4)5,45-38-32-30-33-39-45)46-40-34-31-35-41-46/h30-36,38-42,47-48,52H,6-29,37,43-44H2,1-5H3,(H,51,53)/t47-,48+/m0/s1. The van der Waals surface area contributed by atoms with Crippen LogP contribution in [0.25, 0.3) is 0 Å². The average molecular weight is 776 g/mol. The Hall–Kier alpha value is -2.21. The summed E-state index contributed by atoms with van der Waals surface area (Å²) >= 11 is 0. The fourth-order valence-electron chi connectivity index (χ4n) is 8.08. The summed E-state index contributed by atoms with van der Waals surface area (Å²) in [7, 11) is -2.83. The van der Waals surface area contributed by atoms with Crippen LogP contribution in [-0.2, 0) is 9.22 Å². The molecule has 0 radical (unpaired) electrons. The zero-order valence-corrected chi connectivity index (χ0v) is 37.4. The van der Waals surface area contributed by atoms with Gasteiger partial charge in [0.15, 0.2) is 0 Å². The maximum Gasteiger partial charge on any atom is 0.261 e. The average Bonchev–Trinajstić information content (AvgIpc) is 3.18. The first kappa shape index (κ1) is 48.9. The van der Waals surface area contributed by atoms with Gasteiger partial charge in [0, 0.05) is 6.42 Å². The lowest BCUT2D eigenvalue weighted by molar-refractivity contribution is -0.122. The van der Waals surface area contributed by atoms with Crippen molar-refractivity contribution in [3.8, 4) is 0 Å². The van der Waals surface area contributed by atoms with Crippen molar-refractivity contribution in [1.29, 1.82) is 0 Å². The number of allylic oxidation sites excluding steroid dienone is 1. The summed E-state index contributed by atoms with van der Waals surface area (Å²) in [5, 5.41) is 17.1. The Kier molecular flexibility index (Phi) is 27.5. The molecular formula is C50H85NO3Si. The van der Waals surface area contributed by atoms with Crippen LogP contribution in [0.2, 0.25) is 5.04 Å². The van der Waals surface area contributed by atoms with Gasteiger partial charge in [0.1, 0.15) is 0 Å². The van der Waals surface area contributed by atoms with E-state index in [0.29, 0.717) is 6.42 Å². The minimum Gasteiger partial charge on any atom is -0.405 e. The van der Waals surface area contributed by atoms with Gasteiger partial charge in [-0.25, -0.2) is 0 Å². The molecule has 0 aliphatic carbocycles. The molecule has 2 aromatic carbocycles. The molecule has 0 bridgehead atoms. The summed E-state index contributed by atoms with van der Waals surface area (Å²) in [4.78, 5) is 13.4. The Morgan fingerprint density at radius 3 is 1.40 bits per heavy atom. The van der Waals surface area contributed by atoms with Crippen molar-refractivity contribution >= 4 is 24.6 Å². The van der Waals surface area contributed by atoms with Crippen LogP contribution in [0, 0.1) is 0 Å². The predicted molar refractivity (Wildman–Crippen MR) is 242 cm³/mol. The summed E-state index contributed by atoms with van der Waals surface area (Å²) in [6, 6.07) is 20.7. The third kappa shape index (κ3) is 20.7. The zero-order valence-electron chi connectivity index (χ0n) is 36.4. The molecule has 5 heteroatoms. The van der Waals surface area contributed by atoms with E-state index in [-0.39, 0.29) is 17.6 Å². The van der Waals surface area contributed by atoms with E-state index < -0.39 is 20.5 Å². The van der Waals surface area contributed by atoms with Gasteiger partial charge in [-0.15, -0.1) is 0 Å². The largest absolute Gasteiger partial charge is 0.405 e. The Labute approximate surface area is 341 Å². The lowest BCUT2D eigenvalue weighted by Crippen LogP contribution is -2.67. The maximum absolute atomic E-state index is 13.4. The number of unbranched alkanes of at least 4 members (excludes halogenated alkanes) is 23. The number of hydrogen-bond donors (Lipinski definition) is 2. The highest BCUT2D eigenvalue weighted by atomic mass is 28.4. The van der Waals surface area contributed by atoms with Crippen molar-refractivity contribution in [2.45, 2.75) is 219 Å². The summed E-state index contributed by atoms with van der Waals surface area (Å²) in [5.41, 5.74) is 0. The van der Waals surface area contributed by atoms with Gasteiger partial charge in [-0.05, 0) is 34.7 Å². The van der Waals surface area contributed by atoms with E-state index in [0.717, 1.165) is 25.7 Å². The Bertz CT molecular complexity index is 1170. The third-order valence-electron chi connectivity index (χ3n) is 11.5. The normalized spacial score (nSPS) is 13.3. The molecule has 4 nitrogen and oxygen atoms in total. The highest BCUT2D eigenvalue weighted by Gasteiger charge is 2.50. The Morgan fingerprint density at radius 2 is 1.00 bits per heavy atom. The molecule has 0 saturated heterocycles. The molecule has 0 aliphatic heterocycles. The van der Waals surface area contributed by atoms with Crippen molar-refractivity contribution in [3.63, 3.8) is 0 Å². The molecule has 2 atom stereocenters. The smallest absolute Gasteiger partial charge is 0.261 e. The highest BCUT2D eigenvalue weighted by molar-refractivity contribution is 6.99. The molecule has 0 unspecified atom stereocenters. The van der Waals surface area contributed by atoms with Gasteiger partial charge >= 0.3 is 0 Å². The number of nitrogens with one attached hydrogen (secondary N) is 1. The van der Waals surface area contributed by atoms with Gasteiger partial charge in [-0.3, -0.25) is 4.79 Å². The first-order valence-corrected chi connectivity index (χ1v) is 25.1. The van der Waals surface area contributed by atoms with Crippen LogP contribution >= 0.6 is 0 Å². The molecule has 2 aromatic rings. The second-order valence-corrected chi connectivity index (χ2v) is 21.7. The van der Waals surface area contributed by atoms with Gasteiger partial charge < -0.3 is 14.8 Å². The molecule has 2 rings (SSSR count). The molecule has 0 spiro atoms. The molecule has 0 aromatic heterocycles. The quantitative estimate of drug-likeness (QED) is 0.0423. The van der Waals surface area contributed by atoms with Crippen LogP contribution in [0.1, 0.15) is 202 Å². The molecule has 312 valence electrons. The number of carbonyl (C=O) groups excluding carboxylic acids is 1. The van der Waals surface area contributed by atoms with Crippen molar-refractivity contribution in [2.75, 3.05) is 6.61 Å². The number of hydrogen-bond acceptors (Lipinski definition) is 3. The number of carbonyl (C=O) groups is 1. The van der Waals surface area contributed by atoms with Crippen molar-refractivity contribution in [3.05, 3.63) is 72.8 Å². The van der Waals surface area contributed by atoms with E-state index in [9.17, 15) is 9.90 Å². The van der Waals surface area contributed by atoms with Crippen molar-refractivity contribution < 1.29 is 14.3 Å². The molecule has 0 fully saturated rings. The van der Waals surface area contributed by atoms with Gasteiger partial charge in [-0.1, -0.05) is 249 Å². The van der Waals surface area contributed by atoms with E-state index in [1.165, 1.54) is 145 Å². The SMILES string of the molecule is CCCCCCCCCCCCCC=C[C@@H](O)[C@H](CO[Si](c1ccccc1)(c1ccccc1)C(C)(C)C)NC(=O)CCCCCCCCCCCCCCC. The molecular weight excluding hydrogens is 691 g/mol. The van der Waals surface area contributed by atoms with Crippen LogP contribution in [0.3, 0.4) is 0 Å². The number of rotatable bonds is 34. The zero-order chi connectivity index (χ0) is 39.9. The Balaban J connectivity index is 1.96. The molecule has 55 heavy (non-hydrogen) atoms. The van der Waals surface area contributed by atoms with Crippen LogP contribution in [-0.4, -0.2) is 38.1 Å². The summed E-state index contributed by atoms with van der Waals surface area (Å²) in [6.45, 7) is 11.6. The number of aliphatic hydroxyl groups excluding tert-OH is 1. The second kappa shape index (κ2) is 30.9. The Morgan fingerprint density at radius 1 is 0.618 bits per heavy atom. The highest BCUT2D eigenvalue weighted by Crippen LogP contribution is 2.37. The van der Waals surface area contributed by atoms with Crippen molar-refractivity contribution in [2.24, 2.45) is 0 Å². The molecule has 0 saturated carbocycles.